The van der Waals surface area contributed by atoms with E-state index in [0.717, 1.165) is 19.3 Å². The van der Waals surface area contributed by atoms with Crippen molar-refractivity contribution in [2.75, 3.05) is 24.6 Å². The number of nitrogens with zero attached hydrogens (tertiary/aromatic N) is 1. The van der Waals surface area contributed by atoms with Crippen molar-refractivity contribution in [2.45, 2.75) is 25.3 Å². The van der Waals surface area contributed by atoms with E-state index < -0.39 is 9.84 Å². The number of amides is 1. The van der Waals surface area contributed by atoms with Crippen LogP contribution in [0.4, 0.5) is 0 Å². The van der Waals surface area contributed by atoms with E-state index in [1.165, 1.54) is 0 Å². The van der Waals surface area contributed by atoms with E-state index in [1.807, 2.05) is 0 Å². The third kappa shape index (κ3) is 1.95. The van der Waals surface area contributed by atoms with Crippen LogP contribution in [0.2, 0.25) is 0 Å². The molecule has 0 aromatic rings. The Morgan fingerprint density at radius 1 is 1.11 bits per heavy atom. The molecule has 2 N–H and O–H groups in total. The molecular formula is C12H20N2O3S. The third-order valence-electron chi connectivity index (χ3n) is 4.92. The molecule has 1 aliphatic heterocycles. The number of carbonyl (C=O) groups is 1. The van der Waals surface area contributed by atoms with Crippen LogP contribution in [0, 0.1) is 17.8 Å². The topological polar surface area (TPSA) is 80.5 Å². The minimum Gasteiger partial charge on any atom is -0.340 e. The molecule has 102 valence electrons. The molecule has 0 spiro atoms. The Morgan fingerprint density at radius 2 is 1.72 bits per heavy atom. The van der Waals surface area contributed by atoms with Crippen molar-refractivity contribution in [1.82, 2.24) is 4.90 Å². The van der Waals surface area contributed by atoms with Gasteiger partial charge in [-0.1, -0.05) is 0 Å². The summed E-state index contributed by atoms with van der Waals surface area (Å²) in [6.07, 6.45) is 3.36. The molecule has 1 saturated heterocycles. The van der Waals surface area contributed by atoms with Crippen molar-refractivity contribution in [3.8, 4) is 0 Å². The van der Waals surface area contributed by atoms with Gasteiger partial charge in [-0.2, -0.15) is 0 Å². The highest BCUT2D eigenvalue weighted by atomic mass is 32.2. The normalized spacial score (nSPS) is 42.2. The average molecular weight is 272 g/mol. The van der Waals surface area contributed by atoms with Gasteiger partial charge in [0.15, 0.2) is 9.84 Å². The first kappa shape index (κ1) is 12.4. The van der Waals surface area contributed by atoms with Crippen LogP contribution in [0.5, 0.6) is 0 Å². The first-order valence-electron chi connectivity index (χ1n) is 6.73. The first-order chi connectivity index (χ1) is 8.48. The second-order valence-corrected chi connectivity index (χ2v) is 8.22. The van der Waals surface area contributed by atoms with Crippen molar-refractivity contribution >= 4 is 15.7 Å². The number of hydrogen-bond donors (Lipinski definition) is 1. The highest BCUT2D eigenvalue weighted by Crippen LogP contribution is 2.48. The number of rotatable bonds is 1. The van der Waals surface area contributed by atoms with Crippen molar-refractivity contribution in [3.63, 3.8) is 0 Å². The van der Waals surface area contributed by atoms with Gasteiger partial charge in [-0.15, -0.1) is 0 Å². The number of nitrogens with two attached hydrogens (primary N) is 1. The Labute approximate surface area is 108 Å². The van der Waals surface area contributed by atoms with Crippen molar-refractivity contribution in [1.29, 1.82) is 0 Å². The second-order valence-electron chi connectivity index (χ2n) is 5.91. The zero-order chi connectivity index (χ0) is 12.9. The zero-order valence-corrected chi connectivity index (χ0v) is 11.2. The van der Waals surface area contributed by atoms with Crippen LogP contribution in [0.1, 0.15) is 19.3 Å². The van der Waals surface area contributed by atoms with E-state index in [0.29, 0.717) is 24.9 Å². The summed E-state index contributed by atoms with van der Waals surface area (Å²) in [6, 6.07) is -0.00483. The fourth-order valence-corrected chi connectivity index (χ4v) is 5.05. The largest absolute Gasteiger partial charge is 0.340 e. The van der Waals surface area contributed by atoms with E-state index in [9.17, 15) is 13.2 Å². The van der Waals surface area contributed by atoms with E-state index in [1.54, 1.807) is 4.90 Å². The first-order valence-corrected chi connectivity index (χ1v) is 8.55. The van der Waals surface area contributed by atoms with Crippen LogP contribution in [-0.4, -0.2) is 49.9 Å². The molecule has 6 heteroatoms. The predicted molar refractivity (Wildman–Crippen MR) is 67.5 cm³/mol. The van der Waals surface area contributed by atoms with Gasteiger partial charge in [-0.25, -0.2) is 8.42 Å². The Balaban J connectivity index is 1.69. The highest BCUT2D eigenvalue weighted by Gasteiger charge is 2.50. The lowest BCUT2D eigenvalue weighted by Gasteiger charge is -2.34. The summed E-state index contributed by atoms with van der Waals surface area (Å²) >= 11 is 0. The zero-order valence-electron chi connectivity index (χ0n) is 10.4. The van der Waals surface area contributed by atoms with Crippen molar-refractivity contribution in [3.05, 3.63) is 0 Å². The molecular weight excluding hydrogens is 252 g/mol. The van der Waals surface area contributed by atoms with Gasteiger partial charge in [0.1, 0.15) is 0 Å². The number of hydrogen-bond acceptors (Lipinski definition) is 4. The van der Waals surface area contributed by atoms with E-state index in [4.69, 9.17) is 5.73 Å². The van der Waals surface area contributed by atoms with E-state index >= 15 is 0 Å². The van der Waals surface area contributed by atoms with Gasteiger partial charge in [0, 0.05) is 19.1 Å². The molecule has 1 amide bonds. The summed E-state index contributed by atoms with van der Waals surface area (Å²) in [5.41, 5.74) is 6.16. The maximum atomic E-state index is 12.5. The Kier molecular flexibility index (Phi) is 2.90. The molecule has 3 aliphatic rings. The molecule has 3 fully saturated rings. The van der Waals surface area contributed by atoms with Crippen LogP contribution in [-0.2, 0) is 14.6 Å². The molecule has 0 aromatic carbocycles. The Morgan fingerprint density at radius 3 is 2.28 bits per heavy atom. The smallest absolute Gasteiger partial charge is 0.227 e. The van der Waals surface area contributed by atoms with Crippen LogP contribution >= 0.6 is 0 Å². The second kappa shape index (κ2) is 4.20. The van der Waals surface area contributed by atoms with Gasteiger partial charge >= 0.3 is 0 Å². The Bertz CT molecular complexity index is 446. The lowest BCUT2D eigenvalue weighted by molar-refractivity contribution is -0.137. The minimum atomic E-state index is -2.92. The number of fused-ring (bicyclic) bond motifs is 2. The van der Waals surface area contributed by atoms with Crippen LogP contribution in [0.3, 0.4) is 0 Å². The third-order valence-corrected chi connectivity index (χ3v) is 6.53. The molecule has 4 unspecified atom stereocenters. The summed E-state index contributed by atoms with van der Waals surface area (Å²) in [4.78, 5) is 14.2. The lowest BCUT2D eigenvalue weighted by Crippen LogP contribution is -2.51. The highest BCUT2D eigenvalue weighted by molar-refractivity contribution is 7.91. The molecule has 2 saturated carbocycles. The summed E-state index contributed by atoms with van der Waals surface area (Å²) < 4.78 is 22.7. The number of carbonyl (C=O) groups excluding carboxylic acids is 1. The lowest BCUT2D eigenvalue weighted by atomic mass is 9.84. The van der Waals surface area contributed by atoms with E-state index in [2.05, 4.69) is 0 Å². The maximum Gasteiger partial charge on any atom is 0.227 e. The molecule has 2 bridgehead atoms. The molecule has 0 aromatic heterocycles. The molecule has 18 heavy (non-hydrogen) atoms. The van der Waals surface area contributed by atoms with Gasteiger partial charge in [-0.05, 0) is 31.1 Å². The molecule has 4 atom stereocenters. The summed E-state index contributed by atoms with van der Waals surface area (Å²) in [5, 5.41) is 0. The van der Waals surface area contributed by atoms with Crippen molar-refractivity contribution in [2.24, 2.45) is 23.5 Å². The molecule has 0 radical (unpaired) electrons. The Hall–Kier alpha value is -0.620. The van der Waals surface area contributed by atoms with E-state index in [-0.39, 0.29) is 29.4 Å². The van der Waals surface area contributed by atoms with Gasteiger partial charge < -0.3 is 10.6 Å². The minimum absolute atomic E-state index is 0.00483. The predicted octanol–water partition coefficient (Wildman–Crippen LogP) is -0.383. The maximum absolute atomic E-state index is 12.5. The fourth-order valence-electron chi connectivity index (χ4n) is 3.85. The summed E-state index contributed by atoms with van der Waals surface area (Å²) in [6.45, 7) is 0.698. The van der Waals surface area contributed by atoms with Gasteiger partial charge in [-0.3, -0.25) is 4.79 Å². The molecule has 1 heterocycles. The SMILES string of the molecule is NC1C2CCC(C2)C1C(=O)N1CCS(=O)(=O)CC1. The van der Waals surface area contributed by atoms with Gasteiger partial charge in [0.05, 0.1) is 17.4 Å². The van der Waals surface area contributed by atoms with Crippen molar-refractivity contribution < 1.29 is 13.2 Å². The summed E-state index contributed by atoms with van der Waals surface area (Å²) in [7, 11) is -2.92. The standard InChI is InChI=1S/C12H20N2O3S/c13-11-9-2-1-8(7-9)10(11)12(15)14-3-5-18(16,17)6-4-14/h8-11H,1-7,13H2. The van der Waals surface area contributed by atoms with Crippen LogP contribution in [0.25, 0.3) is 0 Å². The molecule has 3 rings (SSSR count). The van der Waals surface area contributed by atoms with Gasteiger partial charge in [0.2, 0.25) is 5.91 Å². The average Bonchev–Trinajstić information content (AvgIpc) is 2.88. The quantitative estimate of drug-likeness (QED) is 0.705. The number of sulfone groups is 1. The monoisotopic (exact) mass is 272 g/mol. The van der Waals surface area contributed by atoms with Crippen LogP contribution < -0.4 is 5.73 Å². The fraction of sp³-hybridized carbons (Fsp3) is 0.917. The molecule has 2 aliphatic carbocycles. The summed E-state index contributed by atoms with van der Waals surface area (Å²) in [5.74, 6) is 1.21. The van der Waals surface area contributed by atoms with Crippen LogP contribution in [0.15, 0.2) is 0 Å². The van der Waals surface area contributed by atoms with Gasteiger partial charge in [0.25, 0.3) is 0 Å². The molecule has 5 nitrogen and oxygen atoms in total.